The first-order valence-corrected chi connectivity index (χ1v) is 8.29. The molecule has 5 heteroatoms. The molecule has 1 aliphatic rings. The van der Waals surface area contributed by atoms with Crippen LogP contribution in [-0.2, 0) is 0 Å². The minimum Gasteiger partial charge on any atom is -0.496 e. The van der Waals surface area contributed by atoms with E-state index in [0.717, 1.165) is 32.7 Å². The van der Waals surface area contributed by atoms with E-state index in [1.165, 1.54) is 6.42 Å². The molecule has 5 nitrogen and oxygen atoms in total. The molecule has 0 N–H and O–H groups in total. The molecule has 0 unspecified atom stereocenters. The number of hydrogen-bond donors (Lipinski definition) is 0. The molecule has 1 saturated heterocycles. The molecule has 1 fully saturated rings. The maximum atomic E-state index is 12.9. The second kappa shape index (κ2) is 8.20. The van der Waals surface area contributed by atoms with Crippen molar-refractivity contribution in [3.8, 4) is 11.5 Å². The second-order valence-corrected chi connectivity index (χ2v) is 6.35. The highest BCUT2D eigenvalue weighted by molar-refractivity contribution is 5.99. The third kappa shape index (κ3) is 4.38. The van der Waals surface area contributed by atoms with E-state index in [2.05, 4.69) is 18.7 Å². The fourth-order valence-electron chi connectivity index (χ4n) is 2.84. The largest absolute Gasteiger partial charge is 0.496 e. The molecule has 0 spiro atoms. The zero-order chi connectivity index (χ0) is 16.8. The average molecular weight is 320 g/mol. The van der Waals surface area contributed by atoms with E-state index in [1.807, 2.05) is 11.0 Å². The smallest absolute Gasteiger partial charge is 0.261 e. The second-order valence-electron chi connectivity index (χ2n) is 6.35. The van der Waals surface area contributed by atoms with Gasteiger partial charge in [0.2, 0.25) is 0 Å². The highest BCUT2D eigenvalue weighted by atomic mass is 16.5. The third-order valence-corrected chi connectivity index (χ3v) is 4.32. The first kappa shape index (κ1) is 17.6. The number of piperazine rings is 1. The Balaban J connectivity index is 2.03. The molecule has 1 aromatic carbocycles. The van der Waals surface area contributed by atoms with Gasteiger partial charge in [-0.1, -0.05) is 19.9 Å². The van der Waals surface area contributed by atoms with Crippen LogP contribution in [0, 0.1) is 5.92 Å². The Hall–Kier alpha value is -1.75. The zero-order valence-electron chi connectivity index (χ0n) is 14.7. The molecule has 0 bridgehead atoms. The topological polar surface area (TPSA) is 42.0 Å². The van der Waals surface area contributed by atoms with E-state index < -0.39 is 0 Å². The van der Waals surface area contributed by atoms with Crippen LogP contribution in [0.5, 0.6) is 11.5 Å². The van der Waals surface area contributed by atoms with Gasteiger partial charge in [0.05, 0.1) is 14.2 Å². The minimum atomic E-state index is -0.0113. The quantitative estimate of drug-likeness (QED) is 0.808. The van der Waals surface area contributed by atoms with Crippen LogP contribution in [0.25, 0.3) is 0 Å². The molecule has 0 saturated carbocycles. The van der Waals surface area contributed by atoms with Crippen LogP contribution in [0.4, 0.5) is 0 Å². The normalized spacial score (nSPS) is 15.8. The molecule has 0 aliphatic carbocycles. The van der Waals surface area contributed by atoms with Crippen LogP contribution in [-0.4, -0.2) is 62.7 Å². The van der Waals surface area contributed by atoms with Crippen molar-refractivity contribution < 1.29 is 14.3 Å². The summed E-state index contributed by atoms with van der Waals surface area (Å²) in [7, 11) is 3.16. The van der Waals surface area contributed by atoms with Crippen molar-refractivity contribution in [2.75, 3.05) is 46.9 Å². The SMILES string of the molecule is COc1cccc(OC)c1C(=O)N1CCN(CCC(C)C)CC1. The van der Waals surface area contributed by atoms with Crippen LogP contribution in [0.1, 0.15) is 30.6 Å². The van der Waals surface area contributed by atoms with Gasteiger partial charge in [0.1, 0.15) is 17.1 Å². The molecule has 1 aromatic rings. The summed E-state index contributed by atoms with van der Waals surface area (Å²) in [4.78, 5) is 17.2. The monoisotopic (exact) mass is 320 g/mol. The number of benzene rings is 1. The Morgan fingerprint density at radius 1 is 1.09 bits per heavy atom. The summed E-state index contributed by atoms with van der Waals surface area (Å²) in [5.74, 6) is 1.84. The minimum absolute atomic E-state index is 0.0113. The number of rotatable bonds is 6. The number of hydrogen-bond acceptors (Lipinski definition) is 4. The Kier molecular flexibility index (Phi) is 6.28. The van der Waals surface area contributed by atoms with Gasteiger partial charge in [-0.25, -0.2) is 0 Å². The fourth-order valence-corrected chi connectivity index (χ4v) is 2.84. The van der Waals surface area contributed by atoms with Crippen molar-refractivity contribution in [2.24, 2.45) is 5.92 Å². The number of methoxy groups -OCH3 is 2. The molecule has 23 heavy (non-hydrogen) atoms. The number of nitrogens with zero attached hydrogens (tertiary/aromatic N) is 2. The van der Waals surface area contributed by atoms with E-state index in [4.69, 9.17) is 9.47 Å². The van der Waals surface area contributed by atoms with Crippen molar-refractivity contribution in [3.63, 3.8) is 0 Å². The predicted octanol–water partition coefficient (Wildman–Crippen LogP) is 2.51. The van der Waals surface area contributed by atoms with E-state index in [0.29, 0.717) is 23.0 Å². The van der Waals surface area contributed by atoms with E-state index in [9.17, 15) is 4.79 Å². The van der Waals surface area contributed by atoms with Gasteiger partial charge in [-0.15, -0.1) is 0 Å². The molecule has 128 valence electrons. The predicted molar refractivity (Wildman–Crippen MR) is 91.3 cm³/mol. The Bertz CT molecular complexity index is 501. The standard InChI is InChI=1S/C18H28N2O3/c1-14(2)8-9-19-10-12-20(13-11-19)18(21)17-15(22-3)6-5-7-16(17)23-4/h5-7,14H,8-13H2,1-4H3. The van der Waals surface area contributed by atoms with Crippen LogP contribution in [0.2, 0.25) is 0 Å². The molecule has 1 amide bonds. The van der Waals surface area contributed by atoms with Gasteiger partial charge in [-0.05, 0) is 31.0 Å². The Labute approximate surface area is 139 Å². The number of carbonyl (C=O) groups excluding carboxylic acids is 1. The lowest BCUT2D eigenvalue weighted by atomic mass is 10.1. The maximum absolute atomic E-state index is 12.9. The summed E-state index contributed by atoms with van der Waals surface area (Å²) in [5, 5.41) is 0. The molecule has 0 atom stereocenters. The number of amides is 1. The van der Waals surface area contributed by atoms with Gasteiger partial charge in [0, 0.05) is 26.2 Å². The molecular weight excluding hydrogens is 292 g/mol. The van der Waals surface area contributed by atoms with E-state index in [-0.39, 0.29) is 5.91 Å². The number of carbonyl (C=O) groups is 1. The molecule has 1 aliphatic heterocycles. The van der Waals surface area contributed by atoms with Crippen molar-refractivity contribution in [1.29, 1.82) is 0 Å². The Morgan fingerprint density at radius 2 is 1.65 bits per heavy atom. The summed E-state index contributed by atoms with van der Waals surface area (Å²) in [6.07, 6.45) is 1.20. The lowest BCUT2D eigenvalue weighted by Gasteiger charge is -2.35. The van der Waals surface area contributed by atoms with Gasteiger partial charge in [0.25, 0.3) is 5.91 Å². The lowest BCUT2D eigenvalue weighted by molar-refractivity contribution is 0.0625. The van der Waals surface area contributed by atoms with Crippen molar-refractivity contribution in [3.05, 3.63) is 23.8 Å². The summed E-state index contributed by atoms with van der Waals surface area (Å²) in [6.45, 7) is 8.95. The van der Waals surface area contributed by atoms with Crippen molar-refractivity contribution in [2.45, 2.75) is 20.3 Å². The van der Waals surface area contributed by atoms with Crippen LogP contribution in [0.3, 0.4) is 0 Å². The third-order valence-electron chi connectivity index (χ3n) is 4.32. The highest BCUT2D eigenvalue weighted by Crippen LogP contribution is 2.29. The fraction of sp³-hybridized carbons (Fsp3) is 0.611. The van der Waals surface area contributed by atoms with Crippen molar-refractivity contribution in [1.82, 2.24) is 9.80 Å². The molecule has 2 rings (SSSR count). The Morgan fingerprint density at radius 3 is 2.13 bits per heavy atom. The maximum Gasteiger partial charge on any atom is 0.261 e. The lowest BCUT2D eigenvalue weighted by Crippen LogP contribution is -2.49. The van der Waals surface area contributed by atoms with Gasteiger partial charge >= 0.3 is 0 Å². The van der Waals surface area contributed by atoms with E-state index >= 15 is 0 Å². The van der Waals surface area contributed by atoms with Crippen LogP contribution in [0.15, 0.2) is 18.2 Å². The highest BCUT2D eigenvalue weighted by Gasteiger charge is 2.26. The number of ether oxygens (including phenoxy) is 2. The van der Waals surface area contributed by atoms with Crippen LogP contribution >= 0.6 is 0 Å². The summed E-state index contributed by atoms with van der Waals surface area (Å²) in [5.41, 5.74) is 0.521. The first-order valence-electron chi connectivity index (χ1n) is 8.29. The first-order chi connectivity index (χ1) is 11.1. The van der Waals surface area contributed by atoms with Crippen molar-refractivity contribution >= 4 is 5.91 Å². The molecular formula is C18H28N2O3. The van der Waals surface area contributed by atoms with Gasteiger partial charge in [0.15, 0.2) is 0 Å². The average Bonchev–Trinajstić information content (AvgIpc) is 2.58. The van der Waals surface area contributed by atoms with Gasteiger partial charge in [-0.2, -0.15) is 0 Å². The zero-order valence-corrected chi connectivity index (χ0v) is 14.7. The summed E-state index contributed by atoms with van der Waals surface area (Å²) >= 11 is 0. The van der Waals surface area contributed by atoms with Gasteiger partial charge < -0.3 is 14.4 Å². The molecule has 0 radical (unpaired) electrons. The summed E-state index contributed by atoms with van der Waals surface area (Å²) in [6, 6.07) is 5.43. The summed E-state index contributed by atoms with van der Waals surface area (Å²) < 4.78 is 10.7. The van der Waals surface area contributed by atoms with Gasteiger partial charge in [-0.3, -0.25) is 9.69 Å². The molecule has 0 aromatic heterocycles. The van der Waals surface area contributed by atoms with Crippen LogP contribution < -0.4 is 9.47 Å². The van der Waals surface area contributed by atoms with E-state index in [1.54, 1.807) is 26.4 Å². The molecule has 1 heterocycles.